The number of halogens is 1. The predicted molar refractivity (Wildman–Crippen MR) is 107 cm³/mol. The Morgan fingerprint density at radius 2 is 1.85 bits per heavy atom. The van der Waals surface area contributed by atoms with Crippen molar-refractivity contribution in [2.24, 2.45) is 0 Å². The van der Waals surface area contributed by atoms with Crippen LogP contribution in [0.25, 0.3) is 0 Å². The molecule has 140 valence electrons. The highest BCUT2D eigenvalue weighted by molar-refractivity contribution is 6.31. The van der Waals surface area contributed by atoms with Crippen LogP contribution in [0.3, 0.4) is 0 Å². The first kappa shape index (κ1) is 18.9. The molecule has 0 saturated heterocycles. The lowest BCUT2D eigenvalue weighted by Gasteiger charge is -2.20. The topological polar surface area (TPSA) is 52.5 Å². The Balaban J connectivity index is 1.84. The number of nitrogens with zero attached hydrogens (tertiary/aromatic N) is 1. The molecule has 0 aliphatic rings. The summed E-state index contributed by atoms with van der Waals surface area (Å²) in [6, 6.07) is 16.6. The highest BCUT2D eigenvalue weighted by atomic mass is 35.5. The summed E-state index contributed by atoms with van der Waals surface area (Å²) < 4.78 is 12.6. The van der Waals surface area contributed by atoms with E-state index in [1.54, 1.807) is 32.4 Å². The van der Waals surface area contributed by atoms with Gasteiger partial charge in [0.05, 0.1) is 32.4 Å². The fraction of sp³-hybridized carbons (Fsp3) is 0.190. The summed E-state index contributed by atoms with van der Waals surface area (Å²) in [6.07, 6.45) is 4.13. The second-order valence-electron chi connectivity index (χ2n) is 6.02. The molecule has 0 aliphatic carbocycles. The van der Waals surface area contributed by atoms with Crippen LogP contribution in [0.5, 0.6) is 11.5 Å². The van der Waals surface area contributed by atoms with Gasteiger partial charge < -0.3 is 19.4 Å². The third-order valence-electron chi connectivity index (χ3n) is 4.28. The number of benzene rings is 2. The van der Waals surface area contributed by atoms with Crippen molar-refractivity contribution in [3.05, 3.63) is 77.6 Å². The van der Waals surface area contributed by atoms with Crippen molar-refractivity contribution in [1.82, 2.24) is 4.57 Å². The van der Waals surface area contributed by atoms with Crippen molar-refractivity contribution in [3.8, 4) is 11.5 Å². The normalized spacial score (nSPS) is 11.7. The molecule has 6 heteroatoms. The number of nitrogens with one attached hydrogen (secondary N) is 1. The number of hydrogen-bond acceptors (Lipinski definition) is 3. The summed E-state index contributed by atoms with van der Waals surface area (Å²) >= 11 is 6.05. The summed E-state index contributed by atoms with van der Waals surface area (Å²) in [7, 11) is 3.18. The summed E-state index contributed by atoms with van der Waals surface area (Å²) in [5.41, 5.74) is 1.53. The number of anilines is 1. The molecule has 5 nitrogen and oxygen atoms in total. The fourth-order valence-corrected chi connectivity index (χ4v) is 3.13. The lowest BCUT2D eigenvalue weighted by molar-refractivity contribution is -0.116. The lowest BCUT2D eigenvalue weighted by Crippen LogP contribution is -2.20. The monoisotopic (exact) mass is 384 g/mol. The van der Waals surface area contributed by atoms with Crippen LogP contribution >= 0.6 is 11.6 Å². The van der Waals surface area contributed by atoms with Crippen LogP contribution < -0.4 is 14.8 Å². The number of aromatic nitrogens is 1. The van der Waals surface area contributed by atoms with Crippen LogP contribution in [0.15, 0.2) is 67.0 Å². The zero-order valence-electron chi connectivity index (χ0n) is 15.2. The van der Waals surface area contributed by atoms with Gasteiger partial charge in [-0.25, -0.2) is 0 Å². The van der Waals surface area contributed by atoms with E-state index >= 15 is 0 Å². The Hall–Kier alpha value is -2.92. The van der Waals surface area contributed by atoms with Gasteiger partial charge in [0.25, 0.3) is 0 Å². The van der Waals surface area contributed by atoms with E-state index in [9.17, 15) is 4.79 Å². The molecule has 27 heavy (non-hydrogen) atoms. The van der Waals surface area contributed by atoms with Gasteiger partial charge >= 0.3 is 0 Å². The van der Waals surface area contributed by atoms with Crippen molar-refractivity contribution >= 4 is 23.2 Å². The highest BCUT2D eigenvalue weighted by Gasteiger charge is 2.19. The zero-order valence-corrected chi connectivity index (χ0v) is 15.9. The summed E-state index contributed by atoms with van der Waals surface area (Å²) in [6.45, 7) is 0. The fourth-order valence-electron chi connectivity index (χ4n) is 2.95. The van der Waals surface area contributed by atoms with Crippen LogP contribution in [0, 0.1) is 0 Å². The van der Waals surface area contributed by atoms with Crippen LogP contribution in [0.1, 0.15) is 18.0 Å². The summed E-state index contributed by atoms with van der Waals surface area (Å²) in [5, 5.41) is 3.43. The molecule has 1 amide bonds. The molecule has 1 aromatic heterocycles. The van der Waals surface area contributed by atoms with Gasteiger partial charge in [0, 0.05) is 17.4 Å². The third-order valence-corrected chi connectivity index (χ3v) is 4.52. The second kappa shape index (κ2) is 8.64. The van der Waals surface area contributed by atoms with Gasteiger partial charge in [-0.15, -0.1) is 0 Å². The Labute approximate surface area is 163 Å². The standard InChI is InChI=1S/C21H21ClN2O3/c1-26-17-7-5-6-15(12-17)19(24-10-3-4-11-24)14-21(25)23-18-13-16(22)8-9-20(18)27-2/h3-13,19H,14H2,1-2H3,(H,23,25)/t19-/m1/s1. The number of amides is 1. The zero-order chi connectivity index (χ0) is 19.2. The SMILES string of the molecule is COc1cccc([C@@H](CC(=O)Nc2cc(Cl)ccc2OC)n2cccc2)c1. The number of carbonyl (C=O) groups excluding carboxylic acids is 1. The first-order valence-electron chi connectivity index (χ1n) is 8.50. The smallest absolute Gasteiger partial charge is 0.226 e. The molecule has 0 radical (unpaired) electrons. The molecule has 0 spiro atoms. The van der Waals surface area contributed by atoms with E-state index in [-0.39, 0.29) is 18.4 Å². The van der Waals surface area contributed by atoms with Gasteiger partial charge in [-0.1, -0.05) is 23.7 Å². The predicted octanol–water partition coefficient (Wildman–Crippen LogP) is 4.78. The molecule has 0 fully saturated rings. The van der Waals surface area contributed by atoms with Crippen LogP contribution in [-0.2, 0) is 4.79 Å². The van der Waals surface area contributed by atoms with E-state index in [0.29, 0.717) is 16.5 Å². The lowest BCUT2D eigenvalue weighted by atomic mass is 10.0. The number of rotatable bonds is 7. The van der Waals surface area contributed by atoms with Gasteiger partial charge in [-0.2, -0.15) is 0 Å². The maximum Gasteiger partial charge on any atom is 0.226 e. The first-order chi connectivity index (χ1) is 13.1. The minimum atomic E-state index is -0.166. The van der Waals surface area contributed by atoms with E-state index in [0.717, 1.165) is 11.3 Å². The molecule has 1 atom stereocenters. The Bertz CT molecular complexity index is 910. The van der Waals surface area contributed by atoms with E-state index in [1.165, 1.54) is 0 Å². The maximum atomic E-state index is 12.8. The average molecular weight is 385 g/mol. The minimum Gasteiger partial charge on any atom is -0.497 e. The number of methoxy groups -OCH3 is 2. The van der Waals surface area contributed by atoms with Gasteiger partial charge in [0.15, 0.2) is 0 Å². The maximum absolute atomic E-state index is 12.8. The molecule has 1 N–H and O–H groups in total. The van der Waals surface area contributed by atoms with Gasteiger partial charge in [-0.3, -0.25) is 4.79 Å². The van der Waals surface area contributed by atoms with E-state index < -0.39 is 0 Å². The summed E-state index contributed by atoms with van der Waals surface area (Å²) in [4.78, 5) is 12.8. The van der Waals surface area contributed by atoms with Crippen LogP contribution in [0.4, 0.5) is 5.69 Å². The minimum absolute atomic E-state index is 0.142. The molecule has 3 aromatic rings. The van der Waals surface area contributed by atoms with Gasteiger partial charge in [0.2, 0.25) is 5.91 Å². The van der Waals surface area contributed by atoms with Crippen molar-refractivity contribution in [1.29, 1.82) is 0 Å². The molecule has 0 unspecified atom stereocenters. The van der Waals surface area contributed by atoms with Crippen molar-refractivity contribution < 1.29 is 14.3 Å². The number of carbonyl (C=O) groups is 1. The van der Waals surface area contributed by atoms with E-state index in [4.69, 9.17) is 21.1 Å². The molecule has 0 bridgehead atoms. The largest absolute Gasteiger partial charge is 0.497 e. The Morgan fingerprint density at radius 1 is 1.07 bits per heavy atom. The van der Waals surface area contributed by atoms with Crippen LogP contribution in [0.2, 0.25) is 5.02 Å². The molecular weight excluding hydrogens is 364 g/mol. The molecule has 0 aliphatic heterocycles. The van der Waals surface area contributed by atoms with Crippen molar-refractivity contribution in [2.45, 2.75) is 12.5 Å². The highest BCUT2D eigenvalue weighted by Crippen LogP contribution is 2.30. The van der Waals surface area contributed by atoms with E-state index in [2.05, 4.69) is 5.32 Å². The number of hydrogen-bond donors (Lipinski definition) is 1. The first-order valence-corrected chi connectivity index (χ1v) is 8.88. The van der Waals surface area contributed by atoms with Crippen molar-refractivity contribution in [2.75, 3.05) is 19.5 Å². The molecule has 1 heterocycles. The van der Waals surface area contributed by atoms with E-state index in [1.807, 2.05) is 53.4 Å². The molecule has 2 aromatic carbocycles. The Kier molecular flexibility index (Phi) is 6.04. The summed E-state index contributed by atoms with van der Waals surface area (Å²) in [5.74, 6) is 1.17. The van der Waals surface area contributed by atoms with Gasteiger partial charge in [0.1, 0.15) is 11.5 Å². The van der Waals surface area contributed by atoms with Gasteiger partial charge in [-0.05, 0) is 48.0 Å². The average Bonchev–Trinajstić information content (AvgIpc) is 3.21. The van der Waals surface area contributed by atoms with Crippen LogP contribution in [-0.4, -0.2) is 24.7 Å². The quantitative estimate of drug-likeness (QED) is 0.638. The number of ether oxygens (including phenoxy) is 2. The molecular formula is C21H21ClN2O3. The Morgan fingerprint density at radius 3 is 2.56 bits per heavy atom. The second-order valence-corrected chi connectivity index (χ2v) is 6.46. The molecule has 0 saturated carbocycles. The van der Waals surface area contributed by atoms with Crippen molar-refractivity contribution in [3.63, 3.8) is 0 Å². The molecule has 3 rings (SSSR count). The third kappa shape index (κ3) is 4.63.